The zero-order valence-electron chi connectivity index (χ0n) is 11.0. The molecule has 1 aromatic heterocycles. The SMILES string of the molecule is CN(Cc1csc(Br)c1)C(=O)C1(CN)CCCC1.Cl. The van der Waals surface area contributed by atoms with E-state index in [4.69, 9.17) is 5.73 Å². The lowest BCUT2D eigenvalue weighted by atomic mass is 9.84. The van der Waals surface area contributed by atoms with Gasteiger partial charge in [-0.1, -0.05) is 12.8 Å². The fraction of sp³-hybridized carbons (Fsp3) is 0.615. The van der Waals surface area contributed by atoms with Gasteiger partial charge in [-0.3, -0.25) is 4.79 Å². The number of halogens is 2. The lowest BCUT2D eigenvalue weighted by Crippen LogP contribution is -2.44. The highest BCUT2D eigenvalue weighted by Gasteiger charge is 2.41. The molecule has 1 heterocycles. The summed E-state index contributed by atoms with van der Waals surface area (Å²) in [4.78, 5) is 14.4. The Hall–Kier alpha value is -0.100. The second kappa shape index (κ2) is 7.07. The molecule has 108 valence electrons. The van der Waals surface area contributed by atoms with Crippen LogP contribution in [0.2, 0.25) is 0 Å². The second-order valence-electron chi connectivity index (χ2n) is 5.11. The van der Waals surface area contributed by atoms with E-state index in [1.54, 1.807) is 11.3 Å². The molecule has 0 bridgehead atoms. The van der Waals surface area contributed by atoms with Crippen molar-refractivity contribution in [1.82, 2.24) is 4.90 Å². The van der Waals surface area contributed by atoms with Crippen molar-refractivity contribution < 1.29 is 4.79 Å². The molecule has 1 aromatic rings. The first-order chi connectivity index (χ1) is 8.57. The molecule has 1 saturated carbocycles. The Morgan fingerprint density at radius 3 is 2.63 bits per heavy atom. The van der Waals surface area contributed by atoms with Crippen LogP contribution in [0.3, 0.4) is 0 Å². The van der Waals surface area contributed by atoms with E-state index < -0.39 is 0 Å². The summed E-state index contributed by atoms with van der Waals surface area (Å²) in [5.41, 5.74) is 6.74. The van der Waals surface area contributed by atoms with Gasteiger partial charge in [0.05, 0.1) is 9.20 Å². The Kier molecular flexibility index (Phi) is 6.30. The average Bonchev–Trinajstić information content (AvgIpc) is 2.98. The third-order valence-corrected chi connectivity index (χ3v) is 5.35. The molecule has 19 heavy (non-hydrogen) atoms. The van der Waals surface area contributed by atoms with Crippen molar-refractivity contribution in [3.63, 3.8) is 0 Å². The molecule has 0 spiro atoms. The Balaban J connectivity index is 0.00000180. The van der Waals surface area contributed by atoms with Crippen LogP contribution in [-0.2, 0) is 11.3 Å². The van der Waals surface area contributed by atoms with Crippen LogP contribution in [0.15, 0.2) is 15.2 Å². The van der Waals surface area contributed by atoms with Crippen LogP contribution >= 0.6 is 39.7 Å². The Morgan fingerprint density at radius 2 is 2.16 bits per heavy atom. The highest BCUT2D eigenvalue weighted by atomic mass is 79.9. The standard InChI is InChI=1S/C13H19BrN2OS.ClH/c1-16(7-10-6-11(14)18-8-10)12(17)13(9-15)4-2-3-5-13;/h6,8H,2-5,7,9,15H2,1H3;1H. The van der Waals surface area contributed by atoms with Gasteiger partial charge in [-0.25, -0.2) is 0 Å². The number of carbonyl (C=O) groups excluding carboxylic acids is 1. The normalized spacial score (nSPS) is 17.0. The molecule has 1 aliphatic carbocycles. The second-order valence-corrected chi connectivity index (χ2v) is 7.40. The summed E-state index contributed by atoms with van der Waals surface area (Å²) < 4.78 is 1.10. The van der Waals surface area contributed by atoms with Gasteiger partial charge < -0.3 is 10.6 Å². The van der Waals surface area contributed by atoms with Crippen LogP contribution in [0.25, 0.3) is 0 Å². The fourth-order valence-electron chi connectivity index (χ4n) is 2.74. The predicted molar refractivity (Wildman–Crippen MR) is 85.7 cm³/mol. The fourth-order valence-corrected chi connectivity index (χ4v) is 3.94. The summed E-state index contributed by atoms with van der Waals surface area (Å²) in [5.74, 6) is 0.213. The van der Waals surface area contributed by atoms with E-state index in [1.165, 1.54) is 5.56 Å². The van der Waals surface area contributed by atoms with Gasteiger partial charge in [-0.15, -0.1) is 23.7 Å². The molecule has 0 unspecified atom stereocenters. The number of nitrogens with zero attached hydrogens (tertiary/aromatic N) is 1. The molecular weight excluding hydrogens is 348 g/mol. The van der Waals surface area contributed by atoms with Crippen molar-refractivity contribution in [3.8, 4) is 0 Å². The molecular formula is C13H20BrClN2OS. The van der Waals surface area contributed by atoms with Gasteiger partial charge in [0.25, 0.3) is 0 Å². The molecule has 0 radical (unpaired) electrons. The number of hydrogen-bond donors (Lipinski definition) is 1. The van der Waals surface area contributed by atoms with Crippen molar-refractivity contribution >= 4 is 45.6 Å². The van der Waals surface area contributed by atoms with E-state index in [1.807, 2.05) is 11.9 Å². The molecule has 0 atom stereocenters. The lowest BCUT2D eigenvalue weighted by Gasteiger charge is -2.31. The molecule has 1 fully saturated rings. The zero-order valence-corrected chi connectivity index (χ0v) is 14.2. The first-order valence-corrected chi connectivity index (χ1v) is 7.93. The number of thiophene rings is 1. The van der Waals surface area contributed by atoms with E-state index in [9.17, 15) is 4.79 Å². The Bertz CT molecular complexity index is 432. The van der Waals surface area contributed by atoms with E-state index in [2.05, 4.69) is 27.4 Å². The first kappa shape index (κ1) is 17.0. The van der Waals surface area contributed by atoms with E-state index in [0.717, 1.165) is 29.5 Å². The van der Waals surface area contributed by atoms with Crippen LogP contribution in [0, 0.1) is 5.41 Å². The van der Waals surface area contributed by atoms with Gasteiger partial charge in [-0.05, 0) is 45.8 Å². The maximum Gasteiger partial charge on any atom is 0.230 e. The highest BCUT2D eigenvalue weighted by Crippen LogP contribution is 2.39. The summed E-state index contributed by atoms with van der Waals surface area (Å²) >= 11 is 5.09. The Labute approximate surface area is 133 Å². The molecule has 3 nitrogen and oxygen atoms in total. The number of rotatable bonds is 4. The maximum absolute atomic E-state index is 12.5. The van der Waals surface area contributed by atoms with Crippen molar-refractivity contribution in [2.45, 2.75) is 32.2 Å². The number of carbonyl (C=O) groups is 1. The first-order valence-electron chi connectivity index (χ1n) is 6.26. The van der Waals surface area contributed by atoms with Crippen LogP contribution in [0.4, 0.5) is 0 Å². The van der Waals surface area contributed by atoms with Crippen molar-refractivity contribution in [3.05, 3.63) is 20.8 Å². The predicted octanol–water partition coefficient (Wildman–Crippen LogP) is 3.41. The van der Waals surface area contributed by atoms with Crippen LogP contribution in [-0.4, -0.2) is 24.4 Å². The highest BCUT2D eigenvalue weighted by molar-refractivity contribution is 9.11. The molecule has 1 amide bonds. The molecule has 0 aromatic carbocycles. The van der Waals surface area contributed by atoms with Crippen LogP contribution in [0.1, 0.15) is 31.2 Å². The largest absolute Gasteiger partial charge is 0.341 e. The lowest BCUT2D eigenvalue weighted by molar-refractivity contribution is -0.140. The summed E-state index contributed by atoms with van der Waals surface area (Å²) in [6, 6.07) is 2.07. The van der Waals surface area contributed by atoms with Crippen molar-refractivity contribution in [2.75, 3.05) is 13.6 Å². The Morgan fingerprint density at radius 1 is 1.53 bits per heavy atom. The quantitative estimate of drug-likeness (QED) is 0.886. The molecule has 0 aliphatic heterocycles. The van der Waals surface area contributed by atoms with E-state index >= 15 is 0 Å². The molecule has 2 N–H and O–H groups in total. The van der Waals surface area contributed by atoms with Crippen molar-refractivity contribution in [1.29, 1.82) is 0 Å². The van der Waals surface area contributed by atoms with E-state index in [-0.39, 0.29) is 23.7 Å². The van der Waals surface area contributed by atoms with Crippen molar-refractivity contribution in [2.24, 2.45) is 11.1 Å². The average molecular weight is 368 g/mol. The van der Waals surface area contributed by atoms with E-state index in [0.29, 0.717) is 13.1 Å². The third kappa shape index (κ3) is 3.72. The number of hydrogen-bond acceptors (Lipinski definition) is 3. The van der Waals surface area contributed by atoms with Gasteiger partial charge in [0, 0.05) is 20.1 Å². The zero-order chi connectivity index (χ0) is 13.2. The third-order valence-electron chi connectivity index (χ3n) is 3.79. The van der Waals surface area contributed by atoms with Gasteiger partial charge in [0.2, 0.25) is 5.91 Å². The minimum atomic E-state index is -0.290. The molecule has 6 heteroatoms. The van der Waals surface area contributed by atoms with Gasteiger partial charge in [0.1, 0.15) is 0 Å². The smallest absolute Gasteiger partial charge is 0.230 e. The summed E-state index contributed by atoms with van der Waals surface area (Å²) in [6.45, 7) is 1.15. The number of nitrogens with two attached hydrogens (primary N) is 1. The summed E-state index contributed by atoms with van der Waals surface area (Å²) in [6.07, 6.45) is 4.14. The number of amides is 1. The summed E-state index contributed by atoms with van der Waals surface area (Å²) in [5, 5.41) is 2.08. The minimum absolute atomic E-state index is 0. The van der Waals surface area contributed by atoms with Crippen LogP contribution < -0.4 is 5.73 Å². The van der Waals surface area contributed by atoms with Crippen LogP contribution in [0.5, 0.6) is 0 Å². The topological polar surface area (TPSA) is 46.3 Å². The molecule has 1 aliphatic rings. The molecule has 0 saturated heterocycles. The monoisotopic (exact) mass is 366 g/mol. The van der Waals surface area contributed by atoms with Gasteiger partial charge >= 0.3 is 0 Å². The summed E-state index contributed by atoms with van der Waals surface area (Å²) in [7, 11) is 1.88. The maximum atomic E-state index is 12.5. The molecule has 2 rings (SSSR count). The van der Waals surface area contributed by atoms with Gasteiger partial charge in [-0.2, -0.15) is 0 Å². The van der Waals surface area contributed by atoms with Gasteiger partial charge in [0.15, 0.2) is 0 Å². The minimum Gasteiger partial charge on any atom is -0.341 e.